The van der Waals surface area contributed by atoms with E-state index in [9.17, 15) is 9.90 Å². The minimum Gasteiger partial charge on any atom is -0.493 e. The van der Waals surface area contributed by atoms with Crippen LogP contribution in [0.3, 0.4) is 0 Å². The molecule has 0 fully saturated rings. The molecule has 5 nitrogen and oxygen atoms in total. The summed E-state index contributed by atoms with van der Waals surface area (Å²) >= 11 is 1.63. The SMILES string of the molecule is COc1cccc(CN[C@H](CCSC)C(=O)O)c1OC. The summed E-state index contributed by atoms with van der Waals surface area (Å²) in [5.74, 6) is 1.25. The van der Waals surface area contributed by atoms with Gasteiger partial charge in [-0.05, 0) is 24.5 Å². The predicted molar refractivity (Wildman–Crippen MR) is 80.8 cm³/mol. The lowest BCUT2D eigenvalue weighted by Gasteiger charge is -2.16. The van der Waals surface area contributed by atoms with Crippen molar-refractivity contribution in [2.75, 3.05) is 26.2 Å². The zero-order chi connectivity index (χ0) is 15.0. The van der Waals surface area contributed by atoms with E-state index in [2.05, 4.69) is 5.32 Å². The van der Waals surface area contributed by atoms with Gasteiger partial charge in [0.25, 0.3) is 0 Å². The number of carbonyl (C=O) groups is 1. The molecule has 2 N–H and O–H groups in total. The van der Waals surface area contributed by atoms with Crippen LogP contribution in [-0.4, -0.2) is 43.3 Å². The average molecular weight is 299 g/mol. The van der Waals surface area contributed by atoms with Crippen LogP contribution in [0.2, 0.25) is 0 Å². The van der Waals surface area contributed by atoms with Crippen LogP contribution in [0.25, 0.3) is 0 Å². The second kappa shape index (κ2) is 8.71. The van der Waals surface area contributed by atoms with E-state index < -0.39 is 12.0 Å². The molecule has 1 aromatic carbocycles. The van der Waals surface area contributed by atoms with Crippen LogP contribution < -0.4 is 14.8 Å². The first kappa shape index (κ1) is 16.7. The monoisotopic (exact) mass is 299 g/mol. The van der Waals surface area contributed by atoms with Gasteiger partial charge >= 0.3 is 5.97 Å². The second-order valence-electron chi connectivity index (χ2n) is 4.21. The van der Waals surface area contributed by atoms with Gasteiger partial charge in [-0.15, -0.1) is 0 Å². The fourth-order valence-electron chi connectivity index (χ4n) is 1.87. The maximum atomic E-state index is 11.2. The molecule has 0 spiro atoms. The minimum absolute atomic E-state index is 0.422. The van der Waals surface area contributed by atoms with Gasteiger partial charge in [0.05, 0.1) is 14.2 Å². The Morgan fingerprint density at radius 2 is 2.15 bits per heavy atom. The molecule has 0 amide bonds. The summed E-state index contributed by atoms with van der Waals surface area (Å²) < 4.78 is 10.5. The van der Waals surface area contributed by atoms with Crippen molar-refractivity contribution in [1.29, 1.82) is 0 Å². The van der Waals surface area contributed by atoms with E-state index in [0.29, 0.717) is 24.5 Å². The molecule has 0 heterocycles. The van der Waals surface area contributed by atoms with Gasteiger partial charge in [-0.1, -0.05) is 12.1 Å². The van der Waals surface area contributed by atoms with Gasteiger partial charge in [0.1, 0.15) is 6.04 Å². The largest absolute Gasteiger partial charge is 0.493 e. The number of para-hydroxylation sites is 1. The van der Waals surface area contributed by atoms with E-state index in [-0.39, 0.29) is 0 Å². The summed E-state index contributed by atoms with van der Waals surface area (Å²) in [6.07, 6.45) is 2.55. The summed E-state index contributed by atoms with van der Waals surface area (Å²) in [5, 5.41) is 12.2. The Bertz CT molecular complexity index is 439. The third-order valence-electron chi connectivity index (χ3n) is 2.93. The van der Waals surface area contributed by atoms with Crippen molar-refractivity contribution in [3.63, 3.8) is 0 Å². The molecular formula is C14H21NO4S. The molecule has 112 valence electrons. The first-order chi connectivity index (χ1) is 9.63. The second-order valence-corrected chi connectivity index (χ2v) is 5.19. The average Bonchev–Trinajstić information content (AvgIpc) is 2.46. The Labute approximate surface area is 123 Å². The van der Waals surface area contributed by atoms with E-state index >= 15 is 0 Å². The van der Waals surface area contributed by atoms with E-state index in [0.717, 1.165) is 11.3 Å². The molecule has 0 radical (unpaired) electrons. The van der Waals surface area contributed by atoms with E-state index in [1.165, 1.54) is 0 Å². The number of hydrogen-bond donors (Lipinski definition) is 2. The number of aliphatic carboxylic acids is 1. The Balaban J connectivity index is 2.74. The molecule has 0 aliphatic rings. The lowest BCUT2D eigenvalue weighted by atomic mass is 10.1. The number of nitrogens with one attached hydrogen (secondary N) is 1. The van der Waals surface area contributed by atoms with Gasteiger partial charge in [-0.3, -0.25) is 4.79 Å². The van der Waals surface area contributed by atoms with Crippen LogP contribution in [0.15, 0.2) is 18.2 Å². The summed E-state index contributed by atoms with van der Waals surface area (Å²) in [4.78, 5) is 11.2. The lowest BCUT2D eigenvalue weighted by Crippen LogP contribution is -2.36. The number of benzene rings is 1. The van der Waals surface area contributed by atoms with Crippen LogP contribution in [0.4, 0.5) is 0 Å². The summed E-state index contributed by atoms with van der Waals surface area (Å²) in [5.41, 5.74) is 0.877. The molecule has 6 heteroatoms. The van der Waals surface area contributed by atoms with Gasteiger partial charge < -0.3 is 19.9 Å². The molecule has 0 aliphatic carbocycles. The highest BCUT2D eigenvalue weighted by Gasteiger charge is 2.17. The van der Waals surface area contributed by atoms with E-state index in [1.54, 1.807) is 26.0 Å². The summed E-state index contributed by atoms with van der Waals surface area (Å²) in [6.45, 7) is 0.422. The van der Waals surface area contributed by atoms with Crippen LogP contribution in [0, 0.1) is 0 Å². The van der Waals surface area contributed by atoms with Gasteiger partial charge in [-0.2, -0.15) is 11.8 Å². The van der Waals surface area contributed by atoms with Crippen molar-refractivity contribution in [1.82, 2.24) is 5.32 Å². The van der Waals surface area contributed by atoms with Crippen LogP contribution >= 0.6 is 11.8 Å². The lowest BCUT2D eigenvalue weighted by molar-refractivity contribution is -0.139. The molecule has 1 rings (SSSR count). The smallest absolute Gasteiger partial charge is 0.320 e. The Morgan fingerprint density at radius 3 is 2.70 bits per heavy atom. The molecule has 20 heavy (non-hydrogen) atoms. The number of ether oxygens (including phenoxy) is 2. The molecule has 0 aliphatic heterocycles. The van der Waals surface area contributed by atoms with Gasteiger partial charge in [-0.25, -0.2) is 0 Å². The van der Waals surface area contributed by atoms with E-state index in [4.69, 9.17) is 9.47 Å². The number of carboxylic acids is 1. The Morgan fingerprint density at radius 1 is 1.40 bits per heavy atom. The van der Waals surface area contributed by atoms with Gasteiger partial charge in [0.2, 0.25) is 0 Å². The number of carboxylic acid groups (broad SMARTS) is 1. The van der Waals surface area contributed by atoms with Crippen LogP contribution in [0.1, 0.15) is 12.0 Å². The maximum Gasteiger partial charge on any atom is 0.320 e. The highest BCUT2D eigenvalue weighted by Crippen LogP contribution is 2.30. The minimum atomic E-state index is -0.832. The normalized spacial score (nSPS) is 11.9. The third kappa shape index (κ3) is 4.61. The quantitative estimate of drug-likeness (QED) is 0.727. The zero-order valence-corrected chi connectivity index (χ0v) is 12.8. The molecule has 0 unspecified atom stereocenters. The van der Waals surface area contributed by atoms with Gasteiger partial charge in [0, 0.05) is 12.1 Å². The highest BCUT2D eigenvalue weighted by atomic mass is 32.2. The van der Waals surface area contributed by atoms with Crippen LogP contribution in [0.5, 0.6) is 11.5 Å². The number of hydrogen-bond acceptors (Lipinski definition) is 5. The third-order valence-corrected chi connectivity index (χ3v) is 3.58. The Hall–Kier alpha value is -1.40. The Kier molecular flexibility index (Phi) is 7.25. The number of methoxy groups -OCH3 is 2. The maximum absolute atomic E-state index is 11.2. The zero-order valence-electron chi connectivity index (χ0n) is 12.0. The summed E-state index contributed by atoms with van der Waals surface area (Å²) in [6, 6.07) is 5.00. The predicted octanol–water partition coefficient (Wildman–Crippen LogP) is 2.00. The molecule has 1 atom stereocenters. The van der Waals surface area contributed by atoms with Gasteiger partial charge in [0.15, 0.2) is 11.5 Å². The van der Waals surface area contributed by atoms with Crippen molar-refractivity contribution >= 4 is 17.7 Å². The number of thioether (sulfide) groups is 1. The molecule has 0 saturated carbocycles. The van der Waals surface area contributed by atoms with Crippen molar-refractivity contribution in [2.45, 2.75) is 19.0 Å². The fraction of sp³-hybridized carbons (Fsp3) is 0.500. The highest BCUT2D eigenvalue weighted by molar-refractivity contribution is 7.98. The molecule has 0 bridgehead atoms. The summed E-state index contributed by atoms with van der Waals surface area (Å²) in [7, 11) is 3.15. The van der Waals surface area contributed by atoms with Crippen molar-refractivity contribution in [2.24, 2.45) is 0 Å². The standard InChI is InChI=1S/C14H21NO4S/c1-18-12-6-4-5-10(13(12)19-2)9-15-11(14(16)17)7-8-20-3/h4-6,11,15H,7-9H2,1-3H3,(H,16,17)/t11-/m1/s1. The van der Waals surface area contributed by atoms with E-state index in [1.807, 2.05) is 24.5 Å². The molecule has 1 aromatic rings. The van der Waals surface area contributed by atoms with Crippen molar-refractivity contribution < 1.29 is 19.4 Å². The fourth-order valence-corrected chi connectivity index (χ4v) is 2.35. The molecular weight excluding hydrogens is 278 g/mol. The first-order valence-corrected chi connectivity index (χ1v) is 7.68. The molecule has 0 aromatic heterocycles. The van der Waals surface area contributed by atoms with Crippen molar-refractivity contribution in [3.8, 4) is 11.5 Å². The first-order valence-electron chi connectivity index (χ1n) is 6.29. The van der Waals surface area contributed by atoms with Crippen molar-refractivity contribution in [3.05, 3.63) is 23.8 Å². The number of rotatable bonds is 9. The topological polar surface area (TPSA) is 67.8 Å². The molecule has 0 saturated heterocycles. The van der Waals surface area contributed by atoms with Crippen LogP contribution in [-0.2, 0) is 11.3 Å².